The average Bonchev–Trinajstić information content (AvgIpc) is 2.44. The molecule has 5 heteroatoms. The number of para-hydroxylation sites is 1. The van der Waals surface area contributed by atoms with Crippen molar-refractivity contribution in [2.45, 2.75) is 46.1 Å². The SMILES string of the molecule is CC(C)c1ccccc1OCCOCCNC(=O)OC(C)(C)C. The van der Waals surface area contributed by atoms with Crippen molar-refractivity contribution < 1.29 is 19.0 Å². The Morgan fingerprint density at radius 2 is 1.83 bits per heavy atom. The second-order valence-corrected chi connectivity index (χ2v) is 6.58. The Labute approximate surface area is 139 Å². The molecule has 0 saturated carbocycles. The number of alkyl carbamates (subject to hydrolysis) is 1. The number of rotatable bonds is 8. The maximum absolute atomic E-state index is 11.4. The fraction of sp³-hybridized carbons (Fsp3) is 0.611. The molecule has 1 amide bonds. The zero-order valence-corrected chi connectivity index (χ0v) is 14.8. The van der Waals surface area contributed by atoms with Gasteiger partial charge in [-0.25, -0.2) is 4.79 Å². The van der Waals surface area contributed by atoms with Gasteiger partial charge in [0.1, 0.15) is 18.0 Å². The third-order valence-corrected chi connectivity index (χ3v) is 2.94. The van der Waals surface area contributed by atoms with Crippen molar-refractivity contribution in [2.75, 3.05) is 26.4 Å². The molecular weight excluding hydrogens is 294 g/mol. The zero-order valence-electron chi connectivity index (χ0n) is 14.8. The van der Waals surface area contributed by atoms with Gasteiger partial charge in [-0.2, -0.15) is 0 Å². The molecule has 1 rings (SSSR count). The van der Waals surface area contributed by atoms with Crippen LogP contribution in [0.2, 0.25) is 0 Å². The van der Waals surface area contributed by atoms with Gasteiger partial charge in [-0.3, -0.25) is 0 Å². The van der Waals surface area contributed by atoms with Crippen LogP contribution in [0.4, 0.5) is 4.79 Å². The predicted octanol–water partition coefficient (Wildman–Crippen LogP) is 3.73. The van der Waals surface area contributed by atoms with E-state index >= 15 is 0 Å². The van der Waals surface area contributed by atoms with E-state index in [0.717, 1.165) is 5.75 Å². The van der Waals surface area contributed by atoms with E-state index in [-0.39, 0.29) is 0 Å². The van der Waals surface area contributed by atoms with Crippen LogP contribution in [0.3, 0.4) is 0 Å². The highest BCUT2D eigenvalue weighted by Gasteiger charge is 2.15. The molecule has 0 aliphatic heterocycles. The van der Waals surface area contributed by atoms with Crippen LogP contribution in [-0.4, -0.2) is 38.1 Å². The van der Waals surface area contributed by atoms with Crippen LogP contribution in [0.25, 0.3) is 0 Å². The molecule has 5 nitrogen and oxygen atoms in total. The van der Waals surface area contributed by atoms with Crippen molar-refractivity contribution in [3.8, 4) is 5.75 Å². The highest BCUT2D eigenvalue weighted by Crippen LogP contribution is 2.25. The summed E-state index contributed by atoms with van der Waals surface area (Å²) in [5.74, 6) is 1.32. The third kappa shape index (κ3) is 8.45. The molecule has 0 saturated heterocycles. The van der Waals surface area contributed by atoms with Crippen LogP contribution < -0.4 is 10.1 Å². The van der Waals surface area contributed by atoms with Crippen LogP contribution in [0.5, 0.6) is 5.75 Å². The van der Waals surface area contributed by atoms with Crippen molar-refractivity contribution in [3.05, 3.63) is 29.8 Å². The second-order valence-electron chi connectivity index (χ2n) is 6.58. The van der Waals surface area contributed by atoms with Crippen molar-refractivity contribution in [2.24, 2.45) is 0 Å². The van der Waals surface area contributed by atoms with Crippen molar-refractivity contribution in [3.63, 3.8) is 0 Å². The highest BCUT2D eigenvalue weighted by molar-refractivity contribution is 5.67. The molecule has 23 heavy (non-hydrogen) atoms. The Hall–Kier alpha value is -1.75. The highest BCUT2D eigenvalue weighted by atomic mass is 16.6. The molecule has 0 bridgehead atoms. The summed E-state index contributed by atoms with van der Waals surface area (Å²) in [4.78, 5) is 11.4. The maximum Gasteiger partial charge on any atom is 0.407 e. The minimum absolute atomic E-state index is 0.414. The Balaban J connectivity index is 2.14. The molecule has 0 radical (unpaired) electrons. The molecule has 0 spiro atoms. The molecule has 0 fully saturated rings. The Morgan fingerprint density at radius 1 is 1.13 bits per heavy atom. The molecule has 0 aliphatic carbocycles. The number of hydrogen-bond donors (Lipinski definition) is 1. The first kappa shape index (κ1) is 19.3. The first-order chi connectivity index (χ1) is 10.8. The summed E-state index contributed by atoms with van der Waals surface area (Å²) >= 11 is 0. The van der Waals surface area contributed by atoms with E-state index in [2.05, 4.69) is 25.2 Å². The Morgan fingerprint density at radius 3 is 2.48 bits per heavy atom. The van der Waals surface area contributed by atoms with Gasteiger partial charge in [-0.15, -0.1) is 0 Å². The molecule has 0 atom stereocenters. The molecule has 1 aromatic rings. The topological polar surface area (TPSA) is 56.8 Å². The molecule has 0 unspecified atom stereocenters. The Bertz CT molecular complexity index is 480. The summed E-state index contributed by atoms with van der Waals surface area (Å²) in [6.07, 6.45) is -0.428. The van der Waals surface area contributed by atoms with E-state index in [0.29, 0.717) is 32.3 Å². The monoisotopic (exact) mass is 323 g/mol. The fourth-order valence-electron chi connectivity index (χ4n) is 1.94. The van der Waals surface area contributed by atoms with Gasteiger partial charge >= 0.3 is 6.09 Å². The predicted molar refractivity (Wildman–Crippen MR) is 91.1 cm³/mol. The second kappa shape index (κ2) is 9.40. The first-order valence-electron chi connectivity index (χ1n) is 8.06. The number of ether oxygens (including phenoxy) is 3. The standard InChI is InChI=1S/C18H29NO4/c1-14(2)15-8-6-7-9-16(15)22-13-12-21-11-10-19-17(20)23-18(3,4)5/h6-9,14H,10-13H2,1-5H3,(H,19,20). The van der Waals surface area contributed by atoms with Crippen LogP contribution in [0.1, 0.15) is 46.1 Å². The van der Waals surface area contributed by atoms with Crippen LogP contribution in [-0.2, 0) is 9.47 Å². The zero-order chi connectivity index (χ0) is 17.3. The van der Waals surface area contributed by atoms with Gasteiger partial charge in [0.2, 0.25) is 0 Å². The number of benzene rings is 1. The molecule has 130 valence electrons. The van der Waals surface area contributed by atoms with Crippen LogP contribution in [0.15, 0.2) is 24.3 Å². The van der Waals surface area contributed by atoms with Gasteiger partial charge < -0.3 is 19.5 Å². The lowest BCUT2D eigenvalue weighted by Crippen LogP contribution is -2.34. The summed E-state index contributed by atoms with van der Waals surface area (Å²) in [6.45, 7) is 11.6. The van der Waals surface area contributed by atoms with Gasteiger partial charge in [0, 0.05) is 6.54 Å². The molecular formula is C18H29NO4. The van der Waals surface area contributed by atoms with Crippen molar-refractivity contribution in [1.82, 2.24) is 5.32 Å². The average molecular weight is 323 g/mol. The van der Waals surface area contributed by atoms with Crippen LogP contribution in [0, 0.1) is 0 Å². The summed E-state index contributed by atoms with van der Waals surface area (Å²) in [7, 11) is 0. The molecule has 1 N–H and O–H groups in total. The third-order valence-electron chi connectivity index (χ3n) is 2.94. The van der Waals surface area contributed by atoms with Gasteiger partial charge in [-0.05, 0) is 38.3 Å². The lowest BCUT2D eigenvalue weighted by Gasteiger charge is -2.19. The molecule has 1 aromatic carbocycles. The number of carbonyl (C=O) groups excluding carboxylic acids is 1. The number of nitrogens with one attached hydrogen (secondary N) is 1. The van der Waals surface area contributed by atoms with Crippen molar-refractivity contribution in [1.29, 1.82) is 0 Å². The van der Waals surface area contributed by atoms with Crippen molar-refractivity contribution >= 4 is 6.09 Å². The molecule has 0 aliphatic rings. The summed E-state index contributed by atoms with van der Waals surface area (Å²) in [5.41, 5.74) is 0.710. The quantitative estimate of drug-likeness (QED) is 0.741. The van der Waals surface area contributed by atoms with E-state index in [9.17, 15) is 4.79 Å². The number of amides is 1. The van der Waals surface area contributed by atoms with E-state index in [1.165, 1.54) is 5.56 Å². The summed E-state index contributed by atoms with van der Waals surface area (Å²) < 4.78 is 16.3. The number of carbonyl (C=O) groups is 1. The minimum atomic E-state index is -0.484. The normalized spacial score (nSPS) is 11.4. The van der Waals surface area contributed by atoms with Gasteiger partial charge in [0.15, 0.2) is 0 Å². The first-order valence-corrected chi connectivity index (χ1v) is 8.06. The van der Waals surface area contributed by atoms with Crippen LogP contribution >= 0.6 is 0 Å². The smallest absolute Gasteiger partial charge is 0.407 e. The Kier molecular flexibility index (Phi) is 7.89. The van der Waals surface area contributed by atoms with Gasteiger partial charge in [0.05, 0.1) is 13.2 Å². The number of hydrogen-bond acceptors (Lipinski definition) is 4. The summed E-state index contributed by atoms with van der Waals surface area (Å²) in [6, 6.07) is 8.03. The van der Waals surface area contributed by atoms with E-state index < -0.39 is 11.7 Å². The lowest BCUT2D eigenvalue weighted by atomic mass is 10.0. The largest absolute Gasteiger partial charge is 0.491 e. The molecule has 0 aromatic heterocycles. The minimum Gasteiger partial charge on any atom is -0.491 e. The fourth-order valence-corrected chi connectivity index (χ4v) is 1.94. The van der Waals surface area contributed by atoms with Gasteiger partial charge in [-0.1, -0.05) is 32.0 Å². The lowest BCUT2D eigenvalue weighted by molar-refractivity contribution is 0.0488. The van der Waals surface area contributed by atoms with E-state index in [1.807, 2.05) is 39.0 Å². The van der Waals surface area contributed by atoms with E-state index in [4.69, 9.17) is 14.2 Å². The van der Waals surface area contributed by atoms with E-state index in [1.54, 1.807) is 0 Å². The molecule has 0 heterocycles. The van der Waals surface area contributed by atoms with Gasteiger partial charge in [0.25, 0.3) is 0 Å². The summed E-state index contributed by atoms with van der Waals surface area (Å²) in [5, 5.41) is 2.64. The maximum atomic E-state index is 11.4.